The lowest BCUT2D eigenvalue weighted by Crippen LogP contribution is -2.56. The third kappa shape index (κ3) is 3.02. The molecule has 5 atom stereocenters. The Hall–Kier alpha value is -3.79. The Morgan fingerprint density at radius 1 is 1.26 bits per heavy atom. The molecule has 0 spiro atoms. The van der Waals surface area contributed by atoms with Crippen LogP contribution in [0.4, 0.5) is 23.2 Å². The fourth-order valence-corrected chi connectivity index (χ4v) is 5.71. The number of aromatic amines is 1. The fourth-order valence-electron chi connectivity index (χ4n) is 5.71. The average Bonchev–Trinajstić information content (AvgIpc) is 3.49. The minimum Gasteiger partial charge on any atom is -0.365 e. The number of nitrogens with one attached hydrogen (secondary N) is 2. The quantitative estimate of drug-likeness (QED) is 0.501. The number of fused-ring (bicyclic) bond motifs is 5. The van der Waals surface area contributed by atoms with E-state index in [0.717, 1.165) is 12.1 Å². The summed E-state index contributed by atoms with van der Waals surface area (Å²) in [6.07, 6.45) is -3.71. The van der Waals surface area contributed by atoms with Crippen LogP contribution in [0.2, 0.25) is 0 Å². The molecule has 182 valence electrons. The van der Waals surface area contributed by atoms with Crippen molar-refractivity contribution in [3.63, 3.8) is 0 Å². The molecule has 1 aromatic carbocycles. The SMILES string of the molecule is C[C@]12O[C@](C)(C[C@H]1NC(=O)c1ccn[nH]1)[C@H]1C(=O)N(c3ccc(C#N)c(C(F)(F)F)c3F)C(=O)[C@H]12. The van der Waals surface area contributed by atoms with E-state index >= 15 is 4.39 Å². The number of benzene rings is 1. The zero-order valence-corrected chi connectivity index (χ0v) is 18.2. The largest absolute Gasteiger partial charge is 0.420 e. The number of aromatic nitrogens is 2. The Morgan fingerprint density at radius 2 is 1.94 bits per heavy atom. The molecule has 9 nitrogen and oxygen atoms in total. The third-order valence-electron chi connectivity index (χ3n) is 7.15. The van der Waals surface area contributed by atoms with Gasteiger partial charge in [0.15, 0.2) is 5.82 Å². The lowest BCUT2D eigenvalue weighted by Gasteiger charge is -2.35. The summed E-state index contributed by atoms with van der Waals surface area (Å²) in [5.74, 6) is -6.52. The van der Waals surface area contributed by atoms with Gasteiger partial charge in [-0.05, 0) is 32.0 Å². The molecule has 3 fully saturated rings. The van der Waals surface area contributed by atoms with E-state index in [1.165, 1.54) is 25.3 Å². The molecule has 2 aromatic rings. The summed E-state index contributed by atoms with van der Waals surface area (Å²) in [6.45, 7) is 3.11. The van der Waals surface area contributed by atoms with Gasteiger partial charge < -0.3 is 10.1 Å². The molecule has 0 saturated carbocycles. The lowest BCUT2D eigenvalue weighted by atomic mass is 9.66. The highest BCUT2D eigenvalue weighted by molar-refractivity contribution is 6.23. The number of hydrogen-bond donors (Lipinski definition) is 2. The molecule has 0 radical (unpaired) electrons. The van der Waals surface area contributed by atoms with Gasteiger partial charge in [0.25, 0.3) is 5.91 Å². The highest BCUT2D eigenvalue weighted by atomic mass is 19.4. The van der Waals surface area contributed by atoms with Crippen LogP contribution in [0.15, 0.2) is 24.4 Å². The summed E-state index contributed by atoms with van der Waals surface area (Å²) in [7, 11) is 0. The van der Waals surface area contributed by atoms with Crippen molar-refractivity contribution >= 4 is 23.4 Å². The van der Waals surface area contributed by atoms with Crippen LogP contribution in [0.3, 0.4) is 0 Å². The molecule has 0 unspecified atom stereocenters. The topological polar surface area (TPSA) is 128 Å². The predicted molar refractivity (Wildman–Crippen MR) is 108 cm³/mol. The van der Waals surface area contributed by atoms with E-state index in [0.29, 0.717) is 4.90 Å². The zero-order chi connectivity index (χ0) is 25.5. The third-order valence-corrected chi connectivity index (χ3v) is 7.15. The van der Waals surface area contributed by atoms with Gasteiger partial charge in [-0.3, -0.25) is 19.5 Å². The first-order valence-electron chi connectivity index (χ1n) is 10.5. The molecule has 5 rings (SSSR count). The van der Waals surface area contributed by atoms with Crippen molar-refractivity contribution in [2.45, 2.75) is 43.7 Å². The van der Waals surface area contributed by atoms with Crippen molar-refractivity contribution in [2.75, 3.05) is 4.90 Å². The number of carbonyl (C=O) groups excluding carboxylic acids is 3. The van der Waals surface area contributed by atoms with Gasteiger partial charge in [-0.15, -0.1) is 0 Å². The van der Waals surface area contributed by atoms with Gasteiger partial charge in [-0.25, -0.2) is 9.29 Å². The first-order chi connectivity index (χ1) is 16.3. The van der Waals surface area contributed by atoms with E-state index in [4.69, 9.17) is 10.00 Å². The number of amides is 3. The fraction of sp³-hybridized carbons (Fsp3) is 0.409. The van der Waals surface area contributed by atoms with Gasteiger partial charge in [0.1, 0.15) is 11.3 Å². The second-order valence-electron chi connectivity index (χ2n) is 9.20. The zero-order valence-electron chi connectivity index (χ0n) is 18.2. The molecule has 2 N–H and O–H groups in total. The smallest absolute Gasteiger partial charge is 0.365 e. The number of nitriles is 1. The standard InChI is InChI=1S/C22H17F4N5O4/c1-20-7-12(29-17(32)10-5-6-28-30-10)21(2,35-20)15-14(20)18(33)31(19(15)34)11-4-3-9(8-27)13(16(11)23)22(24,25)26/h3-6,12,14-15H,7H2,1-2H3,(H,28,30)(H,29,32)/t12-,14-,15+,20-,21+/m1/s1. The Balaban J connectivity index is 1.53. The Morgan fingerprint density at radius 3 is 2.54 bits per heavy atom. The monoisotopic (exact) mass is 491 g/mol. The number of H-pyrrole nitrogens is 1. The van der Waals surface area contributed by atoms with Crippen LogP contribution in [0.25, 0.3) is 0 Å². The summed E-state index contributed by atoms with van der Waals surface area (Å²) in [6, 6.07) is 3.52. The number of ether oxygens (including phenoxy) is 1. The van der Waals surface area contributed by atoms with Gasteiger partial charge in [-0.2, -0.15) is 23.5 Å². The molecule has 3 aliphatic rings. The molecule has 35 heavy (non-hydrogen) atoms. The minimum atomic E-state index is -5.23. The van der Waals surface area contributed by atoms with Crippen molar-refractivity contribution in [3.05, 3.63) is 47.0 Å². The number of imide groups is 1. The van der Waals surface area contributed by atoms with Crippen molar-refractivity contribution in [1.29, 1.82) is 5.26 Å². The molecule has 3 amide bonds. The molecule has 3 saturated heterocycles. The number of carbonyl (C=O) groups is 3. The van der Waals surface area contributed by atoms with Gasteiger partial charge in [0.05, 0.1) is 46.4 Å². The highest BCUT2D eigenvalue weighted by Crippen LogP contribution is 2.61. The first-order valence-corrected chi connectivity index (χ1v) is 10.5. The van der Waals surface area contributed by atoms with E-state index in [-0.39, 0.29) is 12.1 Å². The Labute approximate surface area is 195 Å². The van der Waals surface area contributed by atoms with Crippen LogP contribution in [0.5, 0.6) is 0 Å². The number of alkyl halides is 3. The molecule has 13 heteroatoms. The van der Waals surface area contributed by atoms with Crippen LogP contribution in [0, 0.1) is 29.0 Å². The summed E-state index contributed by atoms with van der Waals surface area (Å²) < 4.78 is 61.6. The molecule has 1 aromatic heterocycles. The Kier molecular flexibility index (Phi) is 4.67. The van der Waals surface area contributed by atoms with Crippen LogP contribution >= 0.6 is 0 Å². The van der Waals surface area contributed by atoms with Crippen LogP contribution < -0.4 is 10.2 Å². The number of hydrogen-bond acceptors (Lipinski definition) is 6. The number of anilines is 1. The first kappa shape index (κ1) is 23.0. The predicted octanol–water partition coefficient (Wildman–Crippen LogP) is 2.29. The van der Waals surface area contributed by atoms with Crippen LogP contribution in [-0.4, -0.2) is 45.2 Å². The van der Waals surface area contributed by atoms with Crippen molar-refractivity contribution in [3.8, 4) is 6.07 Å². The van der Waals surface area contributed by atoms with E-state index < -0.39 is 75.6 Å². The van der Waals surface area contributed by atoms with Crippen LogP contribution in [0.1, 0.15) is 41.9 Å². The minimum absolute atomic E-state index is 0.140. The number of halogens is 4. The summed E-state index contributed by atoms with van der Waals surface area (Å²) in [5, 5.41) is 18.0. The highest BCUT2D eigenvalue weighted by Gasteiger charge is 2.76. The van der Waals surface area contributed by atoms with Gasteiger partial charge in [-0.1, -0.05) is 0 Å². The van der Waals surface area contributed by atoms with E-state index in [1.54, 1.807) is 6.92 Å². The maximum Gasteiger partial charge on any atom is 0.420 e. The van der Waals surface area contributed by atoms with E-state index in [9.17, 15) is 27.6 Å². The summed E-state index contributed by atoms with van der Waals surface area (Å²) in [4.78, 5) is 39.7. The lowest BCUT2D eigenvalue weighted by molar-refractivity contribution is -0.140. The summed E-state index contributed by atoms with van der Waals surface area (Å²) in [5.41, 5.74) is -6.16. The molecule has 2 bridgehead atoms. The molecular formula is C22H17F4N5O4. The normalized spacial score (nSPS) is 31.6. The second-order valence-corrected chi connectivity index (χ2v) is 9.20. The molecule has 0 aliphatic carbocycles. The van der Waals surface area contributed by atoms with Gasteiger partial charge in [0.2, 0.25) is 11.8 Å². The number of rotatable bonds is 3. The average molecular weight is 491 g/mol. The van der Waals surface area contributed by atoms with E-state index in [1.807, 2.05) is 0 Å². The van der Waals surface area contributed by atoms with E-state index in [2.05, 4.69) is 15.5 Å². The second kappa shape index (κ2) is 7.11. The van der Waals surface area contributed by atoms with Gasteiger partial charge in [0, 0.05) is 12.6 Å². The van der Waals surface area contributed by atoms with Crippen molar-refractivity contribution < 1.29 is 36.7 Å². The van der Waals surface area contributed by atoms with Crippen molar-refractivity contribution in [2.24, 2.45) is 11.8 Å². The maximum atomic E-state index is 15.1. The van der Waals surface area contributed by atoms with Gasteiger partial charge >= 0.3 is 6.18 Å². The Bertz CT molecular complexity index is 1320. The molecule has 3 aliphatic heterocycles. The molecular weight excluding hydrogens is 474 g/mol. The molecule has 4 heterocycles. The number of nitrogens with zero attached hydrogens (tertiary/aromatic N) is 3. The summed E-state index contributed by atoms with van der Waals surface area (Å²) >= 11 is 0. The van der Waals surface area contributed by atoms with Crippen molar-refractivity contribution in [1.82, 2.24) is 15.5 Å². The van der Waals surface area contributed by atoms with Crippen LogP contribution in [-0.2, 0) is 20.5 Å². The maximum absolute atomic E-state index is 15.1.